The molecule has 0 radical (unpaired) electrons. The van der Waals surface area contributed by atoms with E-state index in [4.69, 9.17) is 0 Å². The zero-order valence-electron chi connectivity index (χ0n) is 12.6. The third-order valence-electron chi connectivity index (χ3n) is 3.15. The van der Waals surface area contributed by atoms with Crippen molar-refractivity contribution in [3.05, 3.63) is 69.4 Å². The first-order valence-corrected chi connectivity index (χ1v) is 7.71. The highest BCUT2D eigenvalue weighted by Gasteiger charge is 2.10. The van der Waals surface area contributed by atoms with Crippen molar-refractivity contribution in [1.29, 1.82) is 0 Å². The molecule has 0 unspecified atom stereocenters. The van der Waals surface area contributed by atoms with Crippen molar-refractivity contribution in [1.82, 2.24) is 10.2 Å². The molecular weight excluding hydrogens is 347 g/mol. The molecule has 0 aliphatic carbocycles. The summed E-state index contributed by atoms with van der Waals surface area (Å²) in [5.41, 5.74) is 2.51. The van der Waals surface area contributed by atoms with E-state index < -0.39 is 5.82 Å². The normalized spacial score (nSPS) is 10.8. The van der Waals surface area contributed by atoms with Crippen LogP contribution in [0.3, 0.4) is 0 Å². The number of hydrogen-bond acceptors (Lipinski definition) is 2. The average Bonchev–Trinajstić information content (AvgIpc) is 2.48. The lowest BCUT2D eigenvalue weighted by molar-refractivity contribution is 0.0949. The first-order chi connectivity index (χ1) is 10.5. The molecular formula is C17H18BrFN2O. The predicted molar refractivity (Wildman–Crippen MR) is 89.1 cm³/mol. The van der Waals surface area contributed by atoms with Crippen molar-refractivity contribution >= 4 is 21.8 Å². The van der Waals surface area contributed by atoms with Gasteiger partial charge in [-0.2, -0.15) is 0 Å². The van der Waals surface area contributed by atoms with E-state index >= 15 is 0 Å². The topological polar surface area (TPSA) is 32.3 Å². The monoisotopic (exact) mass is 364 g/mol. The van der Waals surface area contributed by atoms with Gasteiger partial charge in [-0.25, -0.2) is 4.39 Å². The molecule has 5 heteroatoms. The first kappa shape index (κ1) is 16.6. The summed E-state index contributed by atoms with van der Waals surface area (Å²) in [5, 5.41) is 2.80. The molecule has 0 spiro atoms. The van der Waals surface area contributed by atoms with E-state index in [0.29, 0.717) is 16.6 Å². The average molecular weight is 365 g/mol. The minimum absolute atomic E-state index is 0.296. The summed E-state index contributed by atoms with van der Waals surface area (Å²) in [6.07, 6.45) is 0. The number of rotatable bonds is 5. The molecule has 22 heavy (non-hydrogen) atoms. The number of nitrogens with one attached hydrogen (secondary N) is 1. The maximum Gasteiger partial charge on any atom is 0.252 e. The number of benzene rings is 2. The highest BCUT2D eigenvalue weighted by atomic mass is 79.9. The maximum atomic E-state index is 13.2. The molecule has 0 saturated carbocycles. The number of carbonyl (C=O) groups is 1. The van der Waals surface area contributed by atoms with Crippen molar-refractivity contribution in [2.45, 2.75) is 13.1 Å². The summed E-state index contributed by atoms with van der Waals surface area (Å²) in [4.78, 5) is 14.2. The van der Waals surface area contributed by atoms with E-state index in [-0.39, 0.29) is 5.91 Å². The van der Waals surface area contributed by atoms with Gasteiger partial charge in [-0.05, 0) is 59.4 Å². The Kier molecular flexibility index (Phi) is 5.69. The molecule has 0 aromatic heterocycles. The van der Waals surface area contributed by atoms with E-state index in [0.717, 1.165) is 12.1 Å². The van der Waals surface area contributed by atoms with Crippen LogP contribution in [0.1, 0.15) is 21.5 Å². The molecule has 1 N–H and O–H groups in total. The van der Waals surface area contributed by atoms with Crippen LogP contribution in [0.2, 0.25) is 0 Å². The molecule has 0 aliphatic rings. The predicted octanol–water partition coefficient (Wildman–Crippen LogP) is 3.58. The first-order valence-electron chi connectivity index (χ1n) is 6.91. The van der Waals surface area contributed by atoms with Gasteiger partial charge in [0.15, 0.2) is 0 Å². The largest absolute Gasteiger partial charge is 0.348 e. The summed E-state index contributed by atoms with van der Waals surface area (Å²) < 4.78 is 13.8. The van der Waals surface area contributed by atoms with Crippen LogP contribution in [0, 0.1) is 5.82 Å². The van der Waals surface area contributed by atoms with Crippen molar-refractivity contribution in [2.75, 3.05) is 14.1 Å². The summed E-state index contributed by atoms with van der Waals surface area (Å²) in [5.74, 6) is -0.731. The van der Waals surface area contributed by atoms with Crippen molar-refractivity contribution in [3.63, 3.8) is 0 Å². The fraction of sp³-hybridized carbons (Fsp3) is 0.235. The van der Waals surface area contributed by atoms with Crippen LogP contribution >= 0.6 is 15.9 Å². The Morgan fingerprint density at radius 1 is 1.14 bits per heavy atom. The number of hydrogen-bond donors (Lipinski definition) is 1. The molecule has 1 amide bonds. The Morgan fingerprint density at radius 2 is 1.77 bits per heavy atom. The molecule has 0 saturated heterocycles. The summed E-state index contributed by atoms with van der Waals surface area (Å²) in [7, 11) is 4.04. The third-order valence-corrected chi connectivity index (χ3v) is 3.84. The molecule has 2 aromatic rings. The number of amides is 1. The van der Waals surface area contributed by atoms with Gasteiger partial charge in [0.05, 0.1) is 5.56 Å². The molecule has 0 aliphatic heterocycles. The Morgan fingerprint density at radius 3 is 2.41 bits per heavy atom. The lowest BCUT2D eigenvalue weighted by Gasteiger charge is -2.11. The van der Waals surface area contributed by atoms with Gasteiger partial charge < -0.3 is 10.2 Å². The van der Waals surface area contributed by atoms with Gasteiger partial charge in [0.25, 0.3) is 5.91 Å². The number of carbonyl (C=O) groups excluding carboxylic acids is 1. The molecule has 2 aromatic carbocycles. The molecule has 0 heterocycles. The van der Waals surface area contributed by atoms with Crippen LogP contribution in [0.4, 0.5) is 4.39 Å². The highest BCUT2D eigenvalue weighted by Crippen LogP contribution is 2.17. The van der Waals surface area contributed by atoms with Gasteiger partial charge in [-0.3, -0.25) is 4.79 Å². The van der Waals surface area contributed by atoms with Crippen LogP contribution in [-0.4, -0.2) is 24.9 Å². The Labute approximate surface area is 138 Å². The molecule has 0 bridgehead atoms. The summed E-state index contributed by atoms with van der Waals surface area (Å²) in [6.45, 7) is 1.28. The minimum atomic E-state index is -0.429. The third kappa shape index (κ3) is 4.64. The van der Waals surface area contributed by atoms with E-state index in [1.54, 1.807) is 0 Å². The van der Waals surface area contributed by atoms with Crippen LogP contribution < -0.4 is 5.32 Å². The van der Waals surface area contributed by atoms with Crippen LogP contribution in [0.15, 0.2) is 46.9 Å². The van der Waals surface area contributed by atoms with Gasteiger partial charge in [0, 0.05) is 17.6 Å². The zero-order chi connectivity index (χ0) is 16.1. The quantitative estimate of drug-likeness (QED) is 0.879. The molecule has 0 atom stereocenters. The Hall–Kier alpha value is -1.72. The second-order valence-corrected chi connectivity index (χ2v) is 6.22. The Balaban J connectivity index is 1.97. The highest BCUT2D eigenvalue weighted by molar-refractivity contribution is 9.10. The lowest BCUT2D eigenvalue weighted by Crippen LogP contribution is -2.23. The van der Waals surface area contributed by atoms with Gasteiger partial charge in [-0.15, -0.1) is 0 Å². The van der Waals surface area contributed by atoms with Crippen molar-refractivity contribution in [3.8, 4) is 0 Å². The van der Waals surface area contributed by atoms with Crippen LogP contribution in [0.5, 0.6) is 0 Å². The smallest absolute Gasteiger partial charge is 0.252 e. The van der Waals surface area contributed by atoms with Crippen LogP contribution in [0.25, 0.3) is 0 Å². The van der Waals surface area contributed by atoms with Gasteiger partial charge in [0.1, 0.15) is 5.82 Å². The Bertz CT molecular complexity index is 656. The fourth-order valence-corrected chi connectivity index (χ4v) is 2.50. The van der Waals surface area contributed by atoms with Crippen molar-refractivity contribution in [2.24, 2.45) is 0 Å². The number of nitrogens with zero attached hydrogens (tertiary/aromatic N) is 1. The second kappa shape index (κ2) is 7.51. The summed E-state index contributed by atoms with van der Waals surface area (Å²) >= 11 is 3.26. The van der Waals surface area contributed by atoms with E-state index in [9.17, 15) is 9.18 Å². The van der Waals surface area contributed by atoms with Crippen LogP contribution in [-0.2, 0) is 13.1 Å². The van der Waals surface area contributed by atoms with E-state index in [1.165, 1.54) is 23.8 Å². The van der Waals surface area contributed by atoms with E-state index in [1.807, 2.05) is 38.4 Å². The SMILES string of the molecule is CN(C)Cc1ccc(CNC(=O)c2cc(F)ccc2Br)cc1. The van der Waals surface area contributed by atoms with E-state index in [2.05, 4.69) is 26.1 Å². The maximum absolute atomic E-state index is 13.2. The van der Waals surface area contributed by atoms with Gasteiger partial charge >= 0.3 is 0 Å². The minimum Gasteiger partial charge on any atom is -0.348 e. The van der Waals surface area contributed by atoms with Crippen molar-refractivity contribution < 1.29 is 9.18 Å². The molecule has 3 nitrogen and oxygen atoms in total. The fourth-order valence-electron chi connectivity index (χ4n) is 2.08. The molecule has 116 valence electrons. The lowest BCUT2D eigenvalue weighted by atomic mass is 10.1. The van der Waals surface area contributed by atoms with Gasteiger partial charge in [-0.1, -0.05) is 24.3 Å². The number of halogens is 2. The van der Waals surface area contributed by atoms with Gasteiger partial charge in [0.2, 0.25) is 0 Å². The summed E-state index contributed by atoms with van der Waals surface area (Å²) in [6, 6.07) is 12.1. The second-order valence-electron chi connectivity index (χ2n) is 5.36. The molecule has 0 fully saturated rings. The zero-order valence-corrected chi connectivity index (χ0v) is 14.2. The molecule has 2 rings (SSSR count). The standard InChI is InChI=1S/C17H18BrFN2O/c1-21(2)11-13-5-3-12(4-6-13)10-20-17(22)15-9-14(19)7-8-16(15)18/h3-9H,10-11H2,1-2H3,(H,20,22).